The molecule has 0 unspecified atom stereocenters. The summed E-state index contributed by atoms with van der Waals surface area (Å²) in [5.41, 5.74) is 0.614. The van der Waals surface area contributed by atoms with Crippen LogP contribution in [0.3, 0.4) is 0 Å². The topological polar surface area (TPSA) is 38.3 Å². The van der Waals surface area contributed by atoms with Crippen LogP contribution in [-0.4, -0.2) is 12.5 Å². The van der Waals surface area contributed by atoms with E-state index >= 15 is 0 Å². The number of nitrogens with one attached hydrogen (secondary N) is 1. The van der Waals surface area contributed by atoms with Crippen molar-refractivity contribution in [2.75, 3.05) is 11.9 Å². The van der Waals surface area contributed by atoms with E-state index in [1.54, 1.807) is 30.3 Å². The van der Waals surface area contributed by atoms with Crippen LogP contribution in [0.15, 0.2) is 46.9 Å². The fraction of sp³-hybridized carbons (Fsp3) is 0.0714. The molecule has 2 aromatic rings. The lowest BCUT2D eigenvalue weighted by molar-refractivity contribution is -0.118. The Balaban J connectivity index is 1.90. The number of anilines is 1. The normalized spacial score (nSPS) is 10.2. The molecular formula is C14H10BrClFNO2. The Morgan fingerprint density at radius 3 is 2.60 bits per heavy atom. The summed E-state index contributed by atoms with van der Waals surface area (Å²) in [5.74, 6) is -0.497. The van der Waals surface area contributed by atoms with Crippen LogP contribution in [0.4, 0.5) is 10.1 Å². The zero-order chi connectivity index (χ0) is 14.5. The molecule has 1 N–H and O–H groups in total. The Bertz CT molecular complexity index is 599. The molecule has 6 heteroatoms. The van der Waals surface area contributed by atoms with Gasteiger partial charge in [0.2, 0.25) is 0 Å². The van der Waals surface area contributed by atoms with Crippen molar-refractivity contribution in [1.29, 1.82) is 0 Å². The smallest absolute Gasteiger partial charge is 0.262 e. The van der Waals surface area contributed by atoms with Crippen molar-refractivity contribution >= 4 is 39.1 Å². The quantitative estimate of drug-likeness (QED) is 0.887. The van der Waals surface area contributed by atoms with E-state index in [0.29, 0.717) is 15.2 Å². The molecule has 0 heterocycles. The van der Waals surface area contributed by atoms with Crippen LogP contribution in [0.5, 0.6) is 5.75 Å². The molecule has 0 bridgehead atoms. The minimum absolute atomic E-state index is 0.210. The van der Waals surface area contributed by atoms with E-state index in [1.807, 2.05) is 0 Å². The molecule has 0 aliphatic carbocycles. The summed E-state index contributed by atoms with van der Waals surface area (Å²) in [6.07, 6.45) is 0. The molecule has 20 heavy (non-hydrogen) atoms. The lowest BCUT2D eigenvalue weighted by Crippen LogP contribution is -2.20. The van der Waals surface area contributed by atoms with Crippen LogP contribution in [0, 0.1) is 5.82 Å². The number of benzene rings is 2. The number of hydrogen-bond donors (Lipinski definition) is 1. The van der Waals surface area contributed by atoms with Gasteiger partial charge in [0.05, 0.1) is 0 Å². The largest absolute Gasteiger partial charge is 0.484 e. The van der Waals surface area contributed by atoms with Gasteiger partial charge in [0.1, 0.15) is 11.6 Å². The van der Waals surface area contributed by atoms with Gasteiger partial charge in [-0.05, 0) is 36.4 Å². The Kier molecular flexibility index (Phi) is 4.98. The highest BCUT2D eigenvalue weighted by atomic mass is 79.9. The molecule has 2 aromatic carbocycles. The van der Waals surface area contributed by atoms with Crippen molar-refractivity contribution in [3.8, 4) is 5.75 Å². The molecule has 0 aliphatic rings. The van der Waals surface area contributed by atoms with Crippen LogP contribution < -0.4 is 10.1 Å². The predicted molar refractivity (Wildman–Crippen MR) is 79.7 cm³/mol. The Labute approximate surface area is 128 Å². The fourth-order valence-corrected chi connectivity index (χ4v) is 2.06. The summed E-state index contributed by atoms with van der Waals surface area (Å²) in [6.45, 7) is -0.210. The first-order chi connectivity index (χ1) is 9.52. The van der Waals surface area contributed by atoms with Crippen LogP contribution >= 0.6 is 27.5 Å². The van der Waals surface area contributed by atoms with Crippen LogP contribution in [0.1, 0.15) is 0 Å². The number of halogens is 3. The number of rotatable bonds is 4. The van der Waals surface area contributed by atoms with Gasteiger partial charge in [0, 0.05) is 21.2 Å². The van der Waals surface area contributed by atoms with Crippen molar-refractivity contribution < 1.29 is 13.9 Å². The highest BCUT2D eigenvalue weighted by molar-refractivity contribution is 9.10. The first-order valence-corrected chi connectivity index (χ1v) is 6.84. The van der Waals surface area contributed by atoms with Gasteiger partial charge in [-0.25, -0.2) is 4.39 Å². The Morgan fingerprint density at radius 1 is 1.25 bits per heavy atom. The number of ether oxygens (including phenoxy) is 1. The maximum Gasteiger partial charge on any atom is 0.262 e. The molecule has 0 saturated heterocycles. The van der Waals surface area contributed by atoms with Gasteiger partial charge < -0.3 is 10.1 Å². The Morgan fingerprint density at radius 2 is 1.95 bits per heavy atom. The van der Waals surface area contributed by atoms with Gasteiger partial charge in [0.25, 0.3) is 5.91 Å². The van der Waals surface area contributed by atoms with Gasteiger partial charge in [0.15, 0.2) is 6.61 Å². The molecule has 0 saturated carbocycles. The molecule has 3 nitrogen and oxygen atoms in total. The van der Waals surface area contributed by atoms with E-state index in [2.05, 4.69) is 21.2 Å². The minimum Gasteiger partial charge on any atom is -0.484 e. The van der Waals surface area contributed by atoms with Gasteiger partial charge in [-0.2, -0.15) is 0 Å². The summed E-state index contributed by atoms with van der Waals surface area (Å²) in [5, 5.41) is 3.23. The molecule has 0 atom stereocenters. The number of carbonyl (C=O) groups excluding carboxylic acids is 1. The second-order valence-corrected chi connectivity index (χ2v) is 5.30. The van der Waals surface area contributed by atoms with Crippen LogP contribution in [0.2, 0.25) is 5.02 Å². The maximum atomic E-state index is 13.1. The zero-order valence-electron chi connectivity index (χ0n) is 10.2. The summed E-state index contributed by atoms with van der Waals surface area (Å²) in [6, 6.07) is 10.8. The number of amides is 1. The summed E-state index contributed by atoms with van der Waals surface area (Å²) in [4.78, 5) is 11.7. The third kappa shape index (κ3) is 4.51. The van der Waals surface area contributed by atoms with Crippen molar-refractivity contribution in [3.05, 3.63) is 57.8 Å². The summed E-state index contributed by atoms with van der Waals surface area (Å²) < 4.78 is 18.9. The Hall–Kier alpha value is -1.59. The van der Waals surface area contributed by atoms with E-state index < -0.39 is 5.82 Å². The highest BCUT2D eigenvalue weighted by Crippen LogP contribution is 2.20. The summed E-state index contributed by atoms with van der Waals surface area (Å²) >= 11 is 8.89. The summed E-state index contributed by atoms with van der Waals surface area (Å²) in [7, 11) is 0. The fourth-order valence-electron chi connectivity index (χ4n) is 1.49. The zero-order valence-corrected chi connectivity index (χ0v) is 12.5. The average Bonchev–Trinajstić information content (AvgIpc) is 2.38. The molecule has 0 spiro atoms. The van der Waals surface area contributed by atoms with Crippen molar-refractivity contribution in [1.82, 2.24) is 0 Å². The third-order valence-corrected chi connectivity index (χ3v) is 3.04. The molecule has 0 fully saturated rings. The molecule has 104 valence electrons. The minimum atomic E-state index is -0.438. The highest BCUT2D eigenvalue weighted by Gasteiger charge is 2.05. The average molecular weight is 359 g/mol. The number of carbonyl (C=O) groups is 1. The lowest BCUT2D eigenvalue weighted by Gasteiger charge is -2.08. The van der Waals surface area contributed by atoms with Crippen molar-refractivity contribution in [2.24, 2.45) is 0 Å². The number of hydrogen-bond acceptors (Lipinski definition) is 2. The first-order valence-electron chi connectivity index (χ1n) is 5.67. The van der Waals surface area contributed by atoms with Gasteiger partial charge in [-0.3, -0.25) is 4.79 Å². The molecule has 0 radical (unpaired) electrons. The van der Waals surface area contributed by atoms with E-state index in [9.17, 15) is 9.18 Å². The molecular weight excluding hydrogens is 349 g/mol. The maximum absolute atomic E-state index is 13.1. The predicted octanol–water partition coefficient (Wildman–Crippen LogP) is 4.26. The molecule has 2 rings (SSSR count). The first kappa shape index (κ1) is 14.8. The van der Waals surface area contributed by atoms with E-state index in [1.165, 1.54) is 12.1 Å². The molecule has 0 aromatic heterocycles. The van der Waals surface area contributed by atoms with Crippen molar-refractivity contribution in [2.45, 2.75) is 0 Å². The van der Waals surface area contributed by atoms with E-state index in [4.69, 9.17) is 16.3 Å². The van der Waals surface area contributed by atoms with Crippen molar-refractivity contribution in [3.63, 3.8) is 0 Å². The standard InChI is InChI=1S/C14H10BrClFNO2/c15-9-5-11(17)7-13(6-9)20-8-14(19)18-12-3-1-10(16)2-4-12/h1-7H,8H2,(H,18,19). The van der Waals surface area contributed by atoms with Gasteiger partial charge in [-0.1, -0.05) is 27.5 Å². The van der Waals surface area contributed by atoms with Gasteiger partial charge in [-0.15, -0.1) is 0 Å². The third-order valence-electron chi connectivity index (χ3n) is 2.33. The van der Waals surface area contributed by atoms with Crippen LogP contribution in [0.25, 0.3) is 0 Å². The SMILES string of the molecule is O=C(COc1cc(F)cc(Br)c1)Nc1ccc(Cl)cc1. The second-order valence-electron chi connectivity index (χ2n) is 3.95. The molecule has 0 aliphatic heterocycles. The monoisotopic (exact) mass is 357 g/mol. The lowest BCUT2D eigenvalue weighted by atomic mass is 10.3. The van der Waals surface area contributed by atoms with Gasteiger partial charge >= 0.3 is 0 Å². The molecule has 1 amide bonds. The second kappa shape index (κ2) is 6.72. The van der Waals surface area contributed by atoms with E-state index in [0.717, 1.165) is 0 Å². The van der Waals surface area contributed by atoms with E-state index in [-0.39, 0.29) is 18.3 Å². The van der Waals surface area contributed by atoms with Crippen LogP contribution in [-0.2, 0) is 4.79 Å².